The molecule has 2 rings (SSSR count). The van der Waals surface area contributed by atoms with E-state index in [0.717, 1.165) is 26.1 Å². The third kappa shape index (κ3) is 2.98. The van der Waals surface area contributed by atoms with Crippen LogP contribution in [0.25, 0.3) is 0 Å². The number of anilines is 1. The molecule has 104 valence electrons. The van der Waals surface area contributed by atoms with Crippen molar-refractivity contribution in [2.75, 3.05) is 32.4 Å². The van der Waals surface area contributed by atoms with E-state index in [1.807, 2.05) is 11.8 Å². The third-order valence-corrected chi connectivity index (χ3v) is 3.57. The number of likely N-dealkylation sites (N-methyl/N-ethyl adjacent to an activating group) is 1. The van der Waals surface area contributed by atoms with E-state index in [1.165, 1.54) is 12.1 Å². The number of rotatable bonds is 1. The number of nitrogens with two attached hydrogens (primary N) is 1. The lowest BCUT2D eigenvalue weighted by molar-refractivity contribution is 0.0697. The van der Waals surface area contributed by atoms with Crippen molar-refractivity contribution >= 4 is 11.6 Å². The lowest BCUT2D eigenvalue weighted by Gasteiger charge is -2.28. The Morgan fingerprint density at radius 1 is 1.42 bits per heavy atom. The van der Waals surface area contributed by atoms with Gasteiger partial charge in [0.05, 0.1) is 5.56 Å². The summed E-state index contributed by atoms with van der Waals surface area (Å²) in [6, 6.07) is 4.64. The summed E-state index contributed by atoms with van der Waals surface area (Å²) in [6.45, 7) is 4.60. The third-order valence-electron chi connectivity index (χ3n) is 3.57. The summed E-state index contributed by atoms with van der Waals surface area (Å²) in [5, 5.41) is 9.51. The van der Waals surface area contributed by atoms with Gasteiger partial charge >= 0.3 is 0 Å². The van der Waals surface area contributed by atoms with E-state index in [1.54, 1.807) is 6.07 Å². The highest BCUT2D eigenvalue weighted by Crippen LogP contribution is 2.22. The number of nitrogen functional groups attached to an aromatic ring is 1. The molecule has 0 aliphatic carbocycles. The Kier molecular flexibility index (Phi) is 3.95. The van der Waals surface area contributed by atoms with Crippen molar-refractivity contribution in [3.63, 3.8) is 0 Å². The van der Waals surface area contributed by atoms with E-state index in [2.05, 4.69) is 11.9 Å². The van der Waals surface area contributed by atoms with Gasteiger partial charge in [0.2, 0.25) is 0 Å². The Balaban J connectivity index is 2.25. The molecule has 1 amide bonds. The lowest BCUT2D eigenvalue weighted by Crippen LogP contribution is -2.42. The number of benzene rings is 1. The molecule has 0 bridgehead atoms. The summed E-state index contributed by atoms with van der Waals surface area (Å²) in [7, 11) is 2.06. The Morgan fingerprint density at radius 2 is 2.16 bits per heavy atom. The van der Waals surface area contributed by atoms with Gasteiger partial charge in [0.25, 0.3) is 5.91 Å². The zero-order valence-electron chi connectivity index (χ0n) is 11.5. The maximum Gasteiger partial charge on any atom is 0.256 e. The Hall–Kier alpha value is -1.75. The standard InChI is InChI=1S/C14H21N3O2/c1-10-9-16(2)6-3-7-17(10)14(19)12-8-11(18)4-5-13(12)15/h4-5,8,10,18H,3,6-7,9,15H2,1-2H3. The molecule has 1 aliphatic heterocycles. The first-order chi connectivity index (χ1) is 8.99. The highest BCUT2D eigenvalue weighted by molar-refractivity contribution is 5.99. The normalized spacial score (nSPS) is 21.2. The van der Waals surface area contributed by atoms with Crippen molar-refractivity contribution in [2.24, 2.45) is 0 Å². The number of carbonyl (C=O) groups excluding carboxylic acids is 1. The van der Waals surface area contributed by atoms with Crippen LogP contribution in [0.15, 0.2) is 18.2 Å². The van der Waals surface area contributed by atoms with E-state index >= 15 is 0 Å². The van der Waals surface area contributed by atoms with Gasteiger partial charge in [-0.25, -0.2) is 0 Å². The largest absolute Gasteiger partial charge is 0.508 e. The van der Waals surface area contributed by atoms with E-state index in [0.29, 0.717) is 11.3 Å². The topological polar surface area (TPSA) is 69.8 Å². The number of phenolic OH excluding ortho intramolecular Hbond substituents is 1. The molecule has 1 unspecified atom stereocenters. The van der Waals surface area contributed by atoms with E-state index in [-0.39, 0.29) is 17.7 Å². The van der Waals surface area contributed by atoms with Gasteiger partial charge in [0.15, 0.2) is 0 Å². The van der Waals surface area contributed by atoms with Crippen molar-refractivity contribution in [3.8, 4) is 5.75 Å². The van der Waals surface area contributed by atoms with Crippen LogP contribution in [-0.4, -0.2) is 53.5 Å². The summed E-state index contributed by atoms with van der Waals surface area (Å²) in [6.07, 6.45) is 0.950. The van der Waals surface area contributed by atoms with Gasteiger partial charge in [-0.3, -0.25) is 4.79 Å². The highest BCUT2D eigenvalue weighted by atomic mass is 16.3. The average molecular weight is 263 g/mol. The molecule has 1 heterocycles. The van der Waals surface area contributed by atoms with Crippen molar-refractivity contribution in [2.45, 2.75) is 19.4 Å². The fourth-order valence-corrected chi connectivity index (χ4v) is 2.56. The number of nitrogens with zero attached hydrogens (tertiary/aromatic N) is 2. The lowest BCUT2D eigenvalue weighted by atomic mass is 10.1. The maximum atomic E-state index is 12.6. The first kappa shape index (κ1) is 13.7. The van der Waals surface area contributed by atoms with Crippen LogP contribution >= 0.6 is 0 Å². The van der Waals surface area contributed by atoms with Gasteiger partial charge in [-0.05, 0) is 45.1 Å². The second kappa shape index (κ2) is 5.48. The Morgan fingerprint density at radius 3 is 2.89 bits per heavy atom. The minimum Gasteiger partial charge on any atom is -0.508 e. The number of aromatic hydroxyl groups is 1. The van der Waals surface area contributed by atoms with Crippen LogP contribution in [-0.2, 0) is 0 Å². The predicted octanol–water partition coefficient (Wildman–Crippen LogP) is 1.14. The molecule has 0 aromatic heterocycles. The van der Waals surface area contributed by atoms with Crippen LogP contribution in [0, 0.1) is 0 Å². The molecule has 1 fully saturated rings. The van der Waals surface area contributed by atoms with Gasteiger partial charge in [0.1, 0.15) is 5.75 Å². The summed E-state index contributed by atoms with van der Waals surface area (Å²) >= 11 is 0. The van der Waals surface area contributed by atoms with Crippen LogP contribution in [0.1, 0.15) is 23.7 Å². The fourth-order valence-electron chi connectivity index (χ4n) is 2.56. The van der Waals surface area contributed by atoms with Crippen molar-refractivity contribution in [1.82, 2.24) is 9.80 Å². The van der Waals surface area contributed by atoms with Gasteiger partial charge < -0.3 is 20.6 Å². The van der Waals surface area contributed by atoms with Gasteiger partial charge in [-0.15, -0.1) is 0 Å². The number of carbonyl (C=O) groups is 1. The summed E-state index contributed by atoms with van der Waals surface area (Å²) in [5.74, 6) is -0.0339. The summed E-state index contributed by atoms with van der Waals surface area (Å²) in [4.78, 5) is 16.6. The molecule has 1 saturated heterocycles. The van der Waals surface area contributed by atoms with Crippen LogP contribution in [0.2, 0.25) is 0 Å². The van der Waals surface area contributed by atoms with E-state index in [4.69, 9.17) is 5.73 Å². The SMILES string of the molecule is CC1CN(C)CCCN1C(=O)c1cc(O)ccc1N. The molecule has 0 radical (unpaired) electrons. The quantitative estimate of drug-likeness (QED) is 0.589. The summed E-state index contributed by atoms with van der Waals surface area (Å²) < 4.78 is 0. The number of phenols is 1. The molecule has 0 spiro atoms. The van der Waals surface area contributed by atoms with Gasteiger partial charge in [-0.1, -0.05) is 0 Å². The van der Waals surface area contributed by atoms with Crippen LogP contribution < -0.4 is 5.73 Å². The molecule has 1 aromatic rings. The maximum absolute atomic E-state index is 12.6. The average Bonchev–Trinajstić information content (AvgIpc) is 2.52. The zero-order valence-corrected chi connectivity index (χ0v) is 11.5. The monoisotopic (exact) mass is 263 g/mol. The second-order valence-electron chi connectivity index (χ2n) is 5.23. The van der Waals surface area contributed by atoms with Crippen LogP contribution in [0.3, 0.4) is 0 Å². The van der Waals surface area contributed by atoms with E-state index in [9.17, 15) is 9.90 Å². The Labute approximate surface area is 113 Å². The molecular weight excluding hydrogens is 242 g/mol. The first-order valence-electron chi connectivity index (χ1n) is 6.57. The van der Waals surface area contributed by atoms with Crippen LogP contribution in [0.4, 0.5) is 5.69 Å². The van der Waals surface area contributed by atoms with Crippen molar-refractivity contribution in [3.05, 3.63) is 23.8 Å². The number of hydrogen-bond acceptors (Lipinski definition) is 4. The molecule has 5 heteroatoms. The van der Waals surface area contributed by atoms with Crippen molar-refractivity contribution < 1.29 is 9.90 Å². The molecule has 3 N–H and O–H groups in total. The van der Waals surface area contributed by atoms with Gasteiger partial charge in [0, 0.05) is 24.8 Å². The zero-order chi connectivity index (χ0) is 14.0. The molecule has 1 atom stereocenters. The highest BCUT2D eigenvalue weighted by Gasteiger charge is 2.26. The fraction of sp³-hybridized carbons (Fsp3) is 0.500. The second-order valence-corrected chi connectivity index (χ2v) is 5.23. The molecule has 1 aromatic carbocycles. The summed E-state index contributed by atoms with van der Waals surface area (Å²) in [5.41, 5.74) is 6.64. The molecule has 19 heavy (non-hydrogen) atoms. The molecular formula is C14H21N3O2. The van der Waals surface area contributed by atoms with E-state index < -0.39 is 0 Å². The minimum absolute atomic E-state index is 0.0668. The van der Waals surface area contributed by atoms with Crippen LogP contribution in [0.5, 0.6) is 5.75 Å². The number of amides is 1. The Bertz CT molecular complexity index is 476. The molecule has 1 aliphatic rings. The number of hydrogen-bond donors (Lipinski definition) is 2. The predicted molar refractivity (Wildman–Crippen MR) is 75.1 cm³/mol. The molecule has 0 saturated carbocycles. The first-order valence-corrected chi connectivity index (χ1v) is 6.57. The van der Waals surface area contributed by atoms with Gasteiger partial charge in [-0.2, -0.15) is 0 Å². The molecule has 5 nitrogen and oxygen atoms in total. The van der Waals surface area contributed by atoms with Crippen molar-refractivity contribution in [1.29, 1.82) is 0 Å². The smallest absolute Gasteiger partial charge is 0.256 e. The minimum atomic E-state index is -0.101.